The largest absolute Gasteiger partial charge is 0.322 e. The third-order valence-corrected chi connectivity index (χ3v) is 3.99. The van der Waals surface area contributed by atoms with Crippen LogP contribution in [0, 0.1) is 0 Å². The third kappa shape index (κ3) is 2.70. The molecule has 1 aromatic heterocycles. The van der Waals surface area contributed by atoms with Crippen LogP contribution in [0.1, 0.15) is 47.8 Å². The highest BCUT2D eigenvalue weighted by Gasteiger charge is 2.17. The molecule has 0 aliphatic rings. The fourth-order valence-corrected chi connectivity index (χ4v) is 2.82. The van der Waals surface area contributed by atoms with Crippen LogP contribution in [0.4, 0.5) is 0 Å². The van der Waals surface area contributed by atoms with Crippen LogP contribution in [0.15, 0.2) is 30.3 Å². The summed E-state index contributed by atoms with van der Waals surface area (Å²) < 4.78 is 0. The Hall–Kier alpha value is -1.26. The fraction of sp³-hybridized carbons (Fsp3) is 0.385. The molecule has 0 aliphatic carbocycles. The molecule has 0 saturated heterocycles. The lowest BCUT2D eigenvalue weighted by Gasteiger charge is -2.11. The van der Waals surface area contributed by atoms with E-state index in [4.69, 9.17) is 5.73 Å². The number of nitrogens with two attached hydrogens (primary N) is 1. The van der Waals surface area contributed by atoms with Crippen LogP contribution >= 0.6 is 11.3 Å². The minimum Gasteiger partial charge on any atom is -0.322 e. The van der Waals surface area contributed by atoms with E-state index in [2.05, 4.69) is 41.4 Å². The molecule has 2 unspecified atom stereocenters. The molecule has 0 fully saturated rings. The van der Waals surface area contributed by atoms with Crippen molar-refractivity contribution in [3.63, 3.8) is 0 Å². The molecule has 0 aliphatic heterocycles. The van der Waals surface area contributed by atoms with E-state index in [9.17, 15) is 0 Å². The van der Waals surface area contributed by atoms with Crippen molar-refractivity contribution in [2.45, 2.75) is 32.2 Å². The second-order valence-electron chi connectivity index (χ2n) is 4.14. The molecule has 1 aromatic carbocycles. The van der Waals surface area contributed by atoms with Gasteiger partial charge < -0.3 is 5.73 Å². The van der Waals surface area contributed by atoms with Crippen molar-refractivity contribution in [2.24, 2.45) is 5.73 Å². The summed E-state index contributed by atoms with van der Waals surface area (Å²) in [5.74, 6) is 0.334. The first-order valence-corrected chi connectivity index (χ1v) is 6.67. The van der Waals surface area contributed by atoms with Gasteiger partial charge in [-0.05, 0) is 18.9 Å². The van der Waals surface area contributed by atoms with Gasteiger partial charge in [-0.25, -0.2) is 0 Å². The molecule has 3 nitrogen and oxygen atoms in total. The van der Waals surface area contributed by atoms with Crippen molar-refractivity contribution < 1.29 is 0 Å². The second kappa shape index (κ2) is 5.38. The SMILES string of the molecule is CCC(c1ccccc1)c1nnc(C(C)N)s1. The van der Waals surface area contributed by atoms with Gasteiger partial charge >= 0.3 is 0 Å². The molecule has 0 spiro atoms. The molecule has 1 heterocycles. The zero-order chi connectivity index (χ0) is 12.3. The maximum absolute atomic E-state index is 5.82. The van der Waals surface area contributed by atoms with Crippen LogP contribution in [-0.4, -0.2) is 10.2 Å². The lowest BCUT2D eigenvalue weighted by molar-refractivity contribution is 0.741. The van der Waals surface area contributed by atoms with E-state index in [-0.39, 0.29) is 6.04 Å². The highest BCUT2D eigenvalue weighted by molar-refractivity contribution is 7.11. The monoisotopic (exact) mass is 247 g/mol. The smallest absolute Gasteiger partial charge is 0.133 e. The van der Waals surface area contributed by atoms with E-state index in [1.807, 2.05) is 13.0 Å². The summed E-state index contributed by atoms with van der Waals surface area (Å²) in [4.78, 5) is 0. The average Bonchev–Trinajstić information content (AvgIpc) is 2.81. The fourth-order valence-electron chi connectivity index (χ4n) is 1.81. The van der Waals surface area contributed by atoms with E-state index in [0.29, 0.717) is 5.92 Å². The molecule has 0 saturated carbocycles. The van der Waals surface area contributed by atoms with Crippen LogP contribution in [0.5, 0.6) is 0 Å². The molecule has 2 atom stereocenters. The minimum absolute atomic E-state index is 0.0328. The van der Waals surface area contributed by atoms with Crippen molar-refractivity contribution in [1.29, 1.82) is 0 Å². The molecule has 0 radical (unpaired) electrons. The first kappa shape index (κ1) is 12.2. The number of rotatable bonds is 4. The Morgan fingerprint density at radius 1 is 1.18 bits per heavy atom. The maximum atomic E-state index is 5.82. The molecular formula is C13H17N3S. The van der Waals surface area contributed by atoms with Crippen molar-refractivity contribution in [3.05, 3.63) is 45.9 Å². The molecular weight excluding hydrogens is 230 g/mol. The van der Waals surface area contributed by atoms with Gasteiger partial charge in [0, 0.05) is 5.92 Å². The van der Waals surface area contributed by atoms with Crippen LogP contribution < -0.4 is 5.73 Å². The Kier molecular flexibility index (Phi) is 3.86. The molecule has 0 amide bonds. The predicted molar refractivity (Wildman–Crippen MR) is 71.1 cm³/mol. The summed E-state index contributed by atoms with van der Waals surface area (Å²) in [6, 6.07) is 10.4. The van der Waals surface area contributed by atoms with Gasteiger partial charge in [0.05, 0.1) is 6.04 Å². The molecule has 90 valence electrons. The zero-order valence-electron chi connectivity index (χ0n) is 10.1. The van der Waals surface area contributed by atoms with Gasteiger partial charge in [0.2, 0.25) is 0 Å². The number of hydrogen-bond acceptors (Lipinski definition) is 4. The zero-order valence-corrected chi connectivity index (χ0v) is 10.9. The number of aromatic nitrogens is 2. The highest BCUT2D eigenvalue weighted by Crippen LogP contribution is 2.30. The van der Waals surface area contributed by atoms with Gasteiger partial charge in [0.1, 0.15) is 10.0 Å². The van der Waals surface area contributed by atoms with E-state index in [1.165, 1.54) is 5.56 Å². The normalized spacial score (nSPS) is 14.5. The Morgan fingerprint density at radius 2 is 1.82 bits per heavy atom. The minimum atomic E-state index is -0.0328. The van der Waals surface area contributed by atoms with Crippen LogP contribution in [-0.2, 0) is 0 Å². The molecule has 2 aromatic rings. The molecule has 2 rings (SSSR count). The van der Waals surface area contributed by atoms with Crippen molar-refractivity contribution in [3.8, 4) is 0 Å². The second-order valence-corrected chi connectivity index (χ2v) is 5.18. The number of benzene rings is 1. The summed E-state index contributed by atoms with van der Waals surface area (Å²) >= 11 is 1.62. The van der Waals surface area contributed by atoms with Crippen LogP contribution in [0.3, 0.4) is 0 Å². The van der Waals surface area contributed by atoms with Crippen LogP contribution in [0.2, 0.25) is 0 Å². The lowest BCUT2D eigenvalue weighted by atomic mass is 9.97. The topological polar surface area (TPSA) is 51.8 Å². The lowest BCUT2D eigenvalue weighted by Crippen LogP contribution is -2.03. The Morgan fingerprint density at radius 3 is 2.35 bits per heavy atom. The van der Waals surface area contributed by atoms with E-state index in [0.717, 1.165) is 16.4 Å². The van der Waals surface area contributed by atoms with Crippen molar-refractivity contribution in [1.82, 2.24) is 10.2 Å². The first-order chi connectivity index (χ1) is 8.22. The van der Waals surface area contributed by atoms with Crippen molar-refractivity contribution in [2.75, 3.05) is 0 Å². The molecule has 0 bridgehead atoms. The Labute approximate surface area is 106 Å². The van der Waals surface area contributed by atoms with Gasteiger partial charge in [0.15, 0.2) is 0 Å². The number of hydrogen-bond donors (Lipinski definition) is 1. The van der Waals surface area contributed by atoms with Gasteiger partial charge in [-0.1, -0.05) is 48.6 Å². The summed E-state index contributed by atoms with van der Waals surface area (Å²) in [5.41, 5.74) is 7.11. The van der Waals surface area contributed by atoms with Gasteiger partial charge in [0.25, 0.3) is 0 Å². The Balaban J connectivity index is 2.29. The van der Waals surface area contributed by atoms with Crippen LogP contribution in [0.25, 0.3) is 0 Å². The summed E-state index contributed by atoms with van der Waals surface area (Å²) in [5, 5.41) is 10.4. The standard InChI is InChI=1S/C13H17N3S/c1-3-11(10-7-5-4-6-8-10)13-16-15-12(17-13)9(2)14/h4-9,11H,3,14H2,1-2H3. The molecule has 4 heteroatoms. The predicted octanol–water partition coefficient (Wildman–Crippen LogP) is 3.10. The Bertz CT molecular complexity index is 465. The molecule has 17 heavy (non-hydrogen) atoms. The summed E-state index contributed by atoms with van der Waals surface area (Å²) in [7, 11) is 0. The summed E-state index contributed by atoms with van der Waals surface area (Å²) in [6.07, 6.45) is 1.03. The number of nitrogens with zero attached hydrogens (tertiary/aromatic N) is 2. The first-order valence-electron chi connectivity index (χ1n) is 5.86. The quantitative estimate of drug-likeness (QED) is 0.903. The average molecular weight is 247 g/mol. The summed E-state index contributed by atoms with van der Waals surface area (Å²) in [6.45, 7) is 4.11. The maximum Gasteiger partial charge on any atom is 0.133 e. The van der Waals surface area contributed by atoms with E-state index >= 15 is 0 Å². The van der Waals surface area contributed by atoms with Gasteiger partial charge in [-0.2, -0.15) is 0 Å². The van der Waals surface area contributed by atoms with E-state index < -0.39 is 0 Å². The van der Waals surface area contributed by atoms with Gasteiger partial charge in [-0.15, -0.1) is 10.2 Å². The third-order valence-electron chi connectivity index (χ3n) is 2.75. The highest BCUT2D eigenvalue weighted by atomic mass is 32.1. The van der Waals surface area contributed by atoms with Gasteiger partial charge in [-0.3, -0.25) is 0 Å². The van der Waals surface area contributed by atoms with Crippen molar-refractivity contribution >= 4 is 11.3 Å². The molecule has 2 N–H and O–H groups in total. The van der Waals surface area contributed by atoms with E-state index in [1.54, 1.807) is 11.3 Å².